The Labute approximate surface area is 106 Å². The van der Waals surface area contributed by atoms with Crippen molar-refractivity contribution in [3.8, 4) is 0 Å². The van der Waals surface area contributed by atoms with Gasteiger partial charge in [0.1, 0.15) is 11.4 Å². The zero-order valence-electron chi connectivity index (χ0n) is 10.5. The van der Waals surface area contributed by atoms with Crippen molar-refractivity contribution in [1.82, 2.24) is 0 Å². The number of hydrazine groups is 1. The second-order valence-electron chi connectivity index (χ2n) is 3.69. The van der Waals surface area contributed by atoms with Crippen LogP contribution in [0.25, 0.3) is 0 Å². The van der Waals surface area contributed by atoms with E-state index < -0.39 is 4.92 Å². The van der Waals surface area contributed by atoms with E-state index in [0.717, 1.165) is 0 Å². The van der Waals surface area contributed by atoms with Gasteiger partial charge in [-0.3, -0.25) is 16.0 Å². The third-order valence-electron chi connectivity index (χ3n) is 2.54. The van der Waals surface area contributed by atoms with Crippen LogP contribution < -0.4 is 16.2 Å². The van der Waals surface area contributed by atoms with Gasteiger partial charge in [-0.2, -0.15) is 0 Å². The highest BCUT2D eigenvalue weighted by Gasteiger charge is 2.21. The fourth-order valence-corrected chi connectivity index (χ4v) is 1.61. The SMILES string of the molecule is CCOCCN(C)c1cccc(NN)c1[N+](=O)[O-]. The van der Waals surface area contributed by atoms with Crippen LogP contribution >= 0.6 is 0 Å². The highest BCUT2D eigenvalue weighted by Crippen LogP contribution is 2.34. The summed E-state index contributed by atoms with van der Waals surface area (Å²) in [6.07, 6.45) is 0. The molecule has 0 aliphatic rings. The van der Waals surface area contributed by atoms with Crippen LogP contribution in [0.5, 0.6) is 0 Å². The summed E-state index contributed by atoms with van der Waals surface area (Å²) in [6, 6.07) is 4.97. The number of nitro benzene ring substituents is 1. The molecule has 1 aromatic rings. The number of nitro groups is 1. The van der Waals surface area contributed by atoms with E-state index in [9.17, 15) is 10.1 Å². The summed E-state index contributed by atoms with van der Waals surface area (Å²) in [5.41, 5.74) is 3.11. The lowest BCUT2D eigenvalue weighted by molar-refractivity contribution is -0.383. The molecule has 1 aromatic carbocycles. The fraction of sp³-hybridized carbons (Fsp3) is 0.455. The summed E-state index contributed by atoms with van der Waals surface area (Å²) in [5.74, 6) is 5.28. The van der Waals surface area contributed by atoms with E-state index in [1.807, 2.05) is 6.92 Å². The van der Waals surface area contributed by atoms with Gasteiger partial charge < -0.3 is 15.1 Å². The number of hydrogen-bond donors (Lipinski definition) is 2. The number of rotatable bonds is 7. The summed E-state index contributed by atoms with van der Waals surface area (Å²) < 4.78 is 5.23. The van der Waals surface area contributed by atoms with E-state index in [1.165, 1.54) is 0 Å². The minimum atomic E-state index is -0.443. The van der Waals surface area contributed by atoms with Crippen LogP contribution in [0.1, 0.15) is 6.92 Å². The van der Waals surface area contributed by atoms with Crippen LogP contribution in [0.4, 0.5) is 17.1 Å². The molecule has 0 aliphatic carbocycles. The molecule has 0 saturated heterocycles. The lowest BCUT2D eigenvalue weighted by Gasteiger charge is -2.19. The molecule has 0 saturated carbocycles. The van der Waals surface area contributed by atoms with Crippen LogP contribution in [0.3, 0.4) is 0 Å². The molecule has 0 heterocycles. The second-order valence-corrected chi connectivity index (χ2v) is 3.69. The van der Waals surface area contributed by atoms with Crippen molar-refractivity contribution >= 4 is 17.1 Å². The number of nitrogens with zero attached hydrogens (tertiary/aromatic N) is 2. The van der Waals surface area contributed by atoms with Gasteiger partial charge in [0.2, 0.25) is 0 Å². The molecule has 0 amide bonds. The Morgan fingerprint density at radius 1 is 1.56 bits per heavy atom. The predicted molar refractivity (Wildman–Crippen MR) is 70.7 cm³/mol. The molecule has 3 N–H and O–H groups in total. The van der Waals surface area contributed by atoms with Crippen molar-refractivity contribution in [2.45, 2.75) is 6.92 Å². The molecule has 18 heavy (non-hydrogen) atoms. The summed E-state index contributed by atoms with van der Waals surface area (Å²) in [4.78, 5) is 12.4. The van der Waals surface area contributed by atoms with Crippen molar-refractivity contribution in [3.63, 3.8) is 0 Å². The third-order valence-corrected chi connectivity index (χ3v) is 2.54. The van der Waals surface area contributed by atoms with Gasteiger partial charge in [-0.1, -0.05) is 6.07 Å². The van der Waals surface area contributed by atoms with E-state index >= 15 is 0 Å². The average molecular weight is 254 g/mol. The molecule has 0 fully saturated rings. The van der Waals surface area contributed by atoms with Crippen LogP contribution in [0.2, 0.25) is 0 Å². The maximum absolute atomic E-state index is 11.1. The van der Waals surface area contributed by atoms with E-state index in [0.29, 0.717) is 31.1 Å². The van der Waals surface area contributed by atoms with E-state index in [2.05, 4.69) is 5.43 Å². The zero-order chi connectivity index (χ0) is 13.5. The minimum absolute atomic E-state index is 0.0287. The molecule has 0 bridgehead atoms. The van der Waals surface area contributed by atoms with E-state index in [4.69, 9.17) is 10.6 Å². The van der Waals surface area contributed by atoms with Crippen molar-refractivity contribution in [2.24, 2.45) is 5.84 Å². The first-order valence-electron chi connectivity index (χ1n) is 5.64. The van der Waals surface area contributed by atoms with Gasteiger partial charge in [0.15, 0.2) is 0 Å². The van der Waals surface area contributed by atoms with E-state index in [-0.39, 0.29) is 5.69 Å². The molecule has 7 heteroatoms. The van der Waals surface area contributed by atoms with E-state index in [1.54, 1.807) is 30.1 Å². The molecule has 100 valence electrons. The Morgan fingerprint density at radius 3 is 2.83 bits per heavy atom. The smallest absolute Gasteiger partial charge is 0.316 e. The molecule has 0 unspecified atom stereocenters. The Kier molecular flexibility index (Phi) is 5.34. The summed E-state index contributed by atoms with van der Waals surface area (Å²) in [7, 11) is 1.78. The highest BCUT2D eigenvalue weighted by molar-refractivity contribution is 5.76. The molecule has 0 spiro atoms. The number of hydrogen-bond acceptors (Lipinski definition) is 6. The van der Waals surface area contributed by atoms with Gasteiger partial charge in [0.05, 0.1) is 11.5 Å². The third kappa shape index (κ3) is 3.31. The van der Waals surface area contributed by atoms with Crippen molar-refractivity contribution in [2.75, 3.05) is 37.1 Å². The molecule has 1 rings (SSSR count). The van der Waals surface area contributed by atoms with Crippen LogP contribution in [-0.4, -0.2) is 31.7 Å². The van der Waals surface area contributed by atoms with Gasteiger partial charge in [0, 0.05) is 20.2 Å². The van der Waals surface area contributed by atoms with Crippen molar-refractivity contribution in [3.05, 3.63) is 28.3 Å². The molecule has 0 atom stereocenters. The monoisotopic (exact) mass is 254 g/mol. The quantitative estimate of drug-likeness (QED) is 0.330. The predicted octanol–water partition coefficient (Wildman–Crippen LogP) is 1.35. The first-order valence-corrected chi connectivity index (χ1v) is 5.64. The van der Waals surface area contributed by atoms with Crippen LogP contribution in [-0.2, 0) is 4.74 Å². The maximum Gasteiger partial charge on any atom is 0.316 e. The van der Waals surface area contributed by atoms with Crippen molar-refractivity contribution in [1.29, 1.82) is 0 Å². The molecular weight excluding hydrogens is 236 g/mol. The van der Waals surface area contributed by atoms with Gasteiger partial charge in [-0.25, -0.2) is 0 Å². The van der Waals surface area contributed by atoms with Crippen LogP contribution in [0, 0.1) is 10.1 Å². The average Bonchev–Trinajstić information content (AvgIpc) is 2.37. The number of nitrogens with one attached hydrogen (secondary N) is 1. The van der Waals surface area contributed by atoms with Gasteiger partial charge in [-0.05, 0) is 19.1 Å². The lowest BCUT2D eigenvalue weighted by atomic mass is 10.2. The number of nitrogens with two attached hydrogens (primary N) is 1. The van der Waals surface area contributed by atoms with Crippen LogP contribution in [0.15, 0.2) is 18.2 Å². The number of likely N-dealkylation sites (N-methyl/N-ethyl adjacent to an activating group) is 1. The molecule has 0 radical (unpaired) electrons. The standard InChI is InChI=1S/C11H18N4O3/c1-3-18-8-7-14(2)10-6-4-5-9(13-12)11(10)15(16)17/h4-6,13H,3,7-8,12H2,1-2H3. The fourth-order valence-electron chi connectivity index (χ4n) is 1.61. The number of benzene rings is 1. The molecule has 0 aliphatic heterocycles. The summed E-state index contributed by atoms with van der Waals surface area (Å²) in [5, 5.41) is 11.1. The Hall–Kier alpha value is -1.86. The Morgan fingerprint density at radius 2 is 2.28 bits per heavy atom. The second kappa shape index (κ2) is 6.77. The lowest BCUT2D eigenvalue weighted by Crippen LogP contribution is -2.24. The normalized spacial score (nSPS) is 10.2. The molecular formula is C11H18N4O3. The topological polar surface area (TPSA) is 93.7 Å². The highest BCUT2D eigenvalue weighted by atomic mass is 16.6. The number of ether oxygens (including phenoxy) is 1. The first kappa shape index (κ1) is 14.2. The number of para-hydroxylation sites is 1. The zero-order valence-corrected chi connectivity index (χ0v) is 10.5. The largest absolute Gasteiger partial charge is 0.380 e. The minimum Gasteiger partial charge on any atom is -0.380 e. The number of anilines is 2. The maximum atomic E-state index is 11.1. The van der Waals surface area contributed by atoms with Gasteiger partial charge >= 0.3 is 5.69 Å². The summed E-state index contributed by atoms with van der Waals surface area (Å²) in [6.45, 7) is 3.62. The summed E-state index contributed by atoms with van der Waals surface area (Å²) >= 11 is 0. The van der Waals surface area contributed by atoms with Crippen molar-refractivity contribution < 1.29 is 9.66 Å². The molecule has 7 nitrogen and oxygen atoms in total. The Balaban J connectivity index is 2.96. The molecule has 0 aromatic heterocycles. The number of nitrogen functional groups attached to an aromatic ring is 1. The van der Waals surface area contributed by atoms with Gasteiger partial charge in [-0.15, -0.1) is 0 Å². The Bertz CT molecular complexity index is 411. The first-order chi connectivity index (χ1) is 8.61. The van der Waals surface area contributed by atoms with Gasteiger partial charge in [0.25, 0.3) is 0 Å².